The summed E-state index contributed by atoms with van der Waals surface area (Å²) in [7, 11) is 0. The zero-order valence-electron chi connectivity index (χ0n) is 14.7. The number of nitrogens with zero attached hydrogens (tertiary/aromatic N) is 1. The van der Waals surface area contributed by atoms with Crippen molar-refractivity contribution < 1.29 is 0 Å². The Labute approximate surface area is 133 Å². The molecule has 0 unspecified atom stereocenters. The maximum absolute atomic E-state index is 3.41. The molecule has 3 rings (SSSR count). The summed E-state index contributed by atoms with van der Waals surface area (Å²) >= 11 is 0. The van der Waals surface area contributed by atoms with E-state index in [0.717, 1.165) is 23.8 Å². The van der Waals surface area contributed by atoms with Crippen molar-refractivity contribution in [3.8, 4) is 0 Å². The molecule has 2 saturated carbocycles. The second kappa shape index (κ2) is 9.15. The van der Waals surface area contributed by atoms with Gasteiger partial charge >= 0.3 is 0 Å². The van der Waals surface area contributed by atoms with E-state index in [2.05, 4.69) is 31.0 Å². The zero-order valence-corrected chi connectivity index (χ0v) is 14.7. The normalized spacial score (nSPS) is 31.4. The molecule has 2 nitrogen and oxygen atoms in total. The van der Waals surface area contributed by atoms with Gasteiger partial charge < -0.3 is 5.32 Å². The van der Waals surface area contributed by atoms with Crippen LogP contribution in [0.4, 0.5) is 0 Å². The van der Waals surface area contributed by atoms with Gasteiger partial charge in [0.25, 0.3) is 0 Å². The first-order valence-electron chi connectivity index (χ1n) is 9.65. The third-order valence-electron chi connectivity index (χ3n) is 6.06. The van der Waals surface area contributed by atoms with E-state index in [1.165, 1.54) is 77.5 Å². The fourth-order valence-corrected chi connectivity index (χ4v) is 4.12. The molecule has 3 aliphatic rings. The monoisotopic (exact) mass is 294 g/mol. The summed E-state index contributed by atoms with van der Waals surface area (Å²) in [5.74, 6) is 3.00. The zero-order chi connectivity index (χ0) is 15.1. The molecule has 124 valence electrons. The summed E-state index contributed by atoms with van der Waals surface area (Å²) in [6, 6.07) is 0.925. The number of hydrogen-bond donors (Lipinski definition) is 1. The molecular formula is C19H38N2. The quantitative estimate of drug-likeness (QED) is 0.834. The predicted octanol–water partition coefficient (Wildman–Crippen LogP) is 4.30. The predicted molar refractivity (Wildman–Crippen MR) is 92.7 cm³/mol. The topological polar surface area (TPSA) is 15.3 Å². The van der Waals surface area contributed by atoms with E-state index in [9.17, 15) is 0 Å². The van der Waals surface area contributed by atoms with Gasteiger partial charge in [0.15, 0.2) is 0 Å². The van der Waals surface area contributed by atoms with Gasteiger partial charge in [0.2, 0.25) is 0 Å². The van der Waals surface area contributed by atoms with Crippen molar-refractivity contribution in [1.29, 1.82) is 0 Å². The van der Waals surface area contributed by atoms with Crippen molar-refractivity contribution in [3.05, 3.63) is 0 Å². The van der Waals surface area contributed by atoms with Crippen LogP contribution in [0.2, 0.25) is 0 Å². The van der Waals surface area contributed by atoms with Gasteiger partial charge in [-0.3, -0.25) is 4.90 Å². The Morgan fingerprint density at radius 3 is 2.10 bits per heavy atom. The first-order chi connectivity index (χ1) is 10.2. The van der Waals surface area contributed by atoms with Crippen molar-refractivity contribution in [2.75, 3.05) is 26.2 Å². The standard InChI is InChI=1S/C11H22N2.C8H16/c1-9(2)10-7-11(8-10)13-5-3-12-4-6-13;1-2-8-6-4-3-5-7-8/h9-12H,3-8H2,1-2H3;8H,2-7H2,1H3. The Morgan fingerprint density at radius 1 is 1.00 bits per heavy atom. The van der Waals surface area contributed by atoms with Gasteiger partial charge in [-0.25, -0.2) is 0 Å². The van der Waals surface area contributed by atoms with Crippen LogP contribution in [0.15, 0.2) is 0 Å². The van der Waals surface area contributed by atoms with E-state index in [4.69, 9.17) is 0 Å². The van der Waals surface area contributed by atoms with E-state index in [0.29, 0.717) is 0 Å². The third-order valence-corrected chi connectivity index (χ3v) is 6.06. The van der Waals surface area contributed by atoms with Crippen LogP contribution in [0, 0.1) is 17.8 Å². The largest absolute Gasteiger partial charge is 0.314 e. The minimum Gasteiger partial charge on any atom is -0.314 e. The average molecular weight is 295 g/mol. The summed E-state index contributed by atoms with van der Waals surface area (Å²) in [6.07, 6.45) is 11.8. The van der Waals surface area contributed by atoms with Crippen LogP contribution >= 0.6 is 0 Å². The maximum Gasteiger partial charge on any atom is 0.0110 e. The van der Waals surface area contributed by atoms with Gasteiger partial charge in [0.1, 0.15) is 0 Å². The number of piperazine rings is 1. The van der Waals surface area contributed by atoms with Gasteiger partial charge in [-0.05, 0) is 30.6 Å². The molecule has 0 aromatic carbocycles. The smallest absolute Gasteiger partial charge is 0.0110 e. The van der Waals surface area contributed by atoms with Crippen LogP contribution < -0.4 is 5.32 Å². The van der Waals surface area contributed by atoms with Crippen molar-refractivity contribution in [2.24, 2.45) is 17.8 Å². The van der Waals surface area contributed by atoms with E-state index < -0.39 is 0 Å². The molecule has 3 fully saturated rings. The second-order valence-electron chi connectivity index (χ2n) is 7.83. The van der Waals surface area contributed by atoms with Crippen molar-refractivity contribution in [2.45, 2.75) is 78.2 Å². The van der Waals surface area contributed by atoms with Crippen LogP contribution in [0.1, 0.15) is 72.1 Å². The van der Waals surface area contributed by atoms with Crippen LogP contribution in [0.3, 0.4) is 0 Å². The lowest BCUT2D eigenvalue weighted by atomic mass is 9.73. The molecule has 0 bridgehead atoms. The Kier molecular flexibility index (Phi) is 7.53. The van der Waals surface area contributed by atoms with Gasteiger partial charge in [0.05, 0.1) is 0 Å². The molecule has 2 heteroatoms. The highest BCUT2D eigenvalue weighted by atomic mass is 15.2. The fraction of sp³-hybridized carbons (Fsp3) is 1.00. The molecule has 1 heterocycles. The van der Waals surface area contributed by atoms with E-state index in [-0.39, 0.29) is 0 Å². The molecule has 0 atom stereocenters. The highest BCUT2D eigenvalue weighted by molar-refractivity contribution is 4.89. The van der Waals surface area contributed by atoms with Gasteiger partial charge in [-0.2, -0.15) is 0 Å². The first kappa shape index (κ1) is 17.3. The van der Waals surface area contributed by atoms with Crippen molar-refractivity contribution in [1.82, 2.24) is 10.2 Å². The third kappa shape index (κ3) is 5.56. The van der Waals surface area contributed by atoms with Crippen LogP contribution in [0.25, 0.3) is 0 Å². The van der Waals surface area contributed by atoms with Gasteiger partial charge in [-0.1, -0.05) is 59.3 Å². The molecule has 0 aromatic heterocycles. The Hall–Kier alpha value is -0.0800. The lowest BCUT2D eigenvalue weighted by Crippen LogP contribution is -2.53. The lowest BCUT2D eigenvalue weighted by molar-refractivity contribution is 0.0473. The van der Waals surface area contributed by atoms with E-state index in [1.54, 1.807) is 0 Å². The molecule has 2 aliphatic carbocycles. The summed E-state index contributed by atoms with van der Waals surface area (Å²) < 4.78 is 0. The molecular weight excluding hydrogens is 256 g/mol. The highest BCUT2D eigenvalue weighted by Crippen LogP contribution is 2.36. The molecule has 0 aromatic rings. The summed E-state index contributed by atoms with van der Waals surface area (Å²) in [5, 5.41) is 3.41. The van der Waals surface area contributed by atoms with Crippen molar-refractivity contribution in [3.63, 3.8) is 0 Å². The van der Waals surface area contributed by atoms with Crippen LogP contribution in [-0.4, -0.2) is 37.1 Å². The minimum absolute atomic E-state index is 0.902. The highest BCUT2D eigenvalue weighted by Gasteiger charge is 2.35. The van der Waals surface area contributed by atoms with Gasteiger partial charge in [-0.15, -0.1) is 0 Å². The second-order valence-corrected chi connectivity index (χ2v) is 7.83. The molecule has 0 spiro atoms. The van der Waals surface area contributed by atoms with E-state index >= 15 is 0 Å². The Morgan fingerprint density at radius 2 is 1.62 bits per heavy atom. The van der Waals surface area contributed by atoms with Crippen LogP contribution in [0.5, 0.6) is 0 Å². The lowest BCUT2D eigenvalue weighted by Gasteiger charge is -2.46. The summed E-state index contributed by atoms with van der Waals surface area (Å²) in [4.78, 5) is 2.68. The molecule has 1 saturated heterocycles. The molecule has 0 amide bonds. The molecule has 1 aliphatic heterocycles. The molecule has 1 N–H and O–H groups in total. The Balaban J connectivity index is 0.000000173. The minimum atomic E-state index is 0.902. The van der Waals surface area contributed by atoms with Crippen LogP contribution in [-0.2, 0) is 0 Å². The van der Waals surface area contributed by atoms with Gasteiger partial charge in [0, 0.05) is 32.2 Å². The first-order valence-corrected chi connectivity index (χ1v) is 9.65. The SMILES string of the molecule is CC(C)C1CC(N2CCNCC2)C1.CCC1CCCCC1. The average Bonchev–Trinajstić information content (AvgIpc) is 2.48. The molecule has 21 heavy (non-hydrogen) atoms. The molecule has 0 radical (unpaired) electrons. The fourth-order valence-electron chi connectivity index (χ4n) is 4.12. The summed E-state index contributed by atoms with van der Waals surface area (Å²) in [6.45, 7) is 12.0. The summed E-state index contributed by atoms with van der Waals surface area (Å²) in [5.41, 5.74) is 0. The number of rotatable bonds is 3. The van der Waals surface area contributed by atoms with E-state index in [1.807, 2.05) is 0 Å². The van der Waals surface area contributed by atoms with Crippen molar-refractivity contribution >= 4 is 0 Å². The number of nitrogens with one attached hydrogen (secondary N) is 1. The maximum atomic E-state index is 3.41. The number of hydrogen-bond acceptors (Lipinski definition) is 2. The Bertz CT molecular complexity index is 259.